The molecule has 2 saturated heterocycles. The molecule has 3 aliphatic heterocycles. The highest BCUT2D eigenvalue weighted by Gasteiger charge is 2.54. The van der Waals surface area contributed by atoms with Crippen LogP contribution < -0.4 is 14.5 Å². The van der Waals surface area contributed by atoms with Crippen molar-refractivity contribution >= 4 is 17.5 Å². The number of urea groups is 1. The predicted octanol–water partition coefficient (Wildman–Crippen LogP) is 1.76. The van der Waals surface area contributed by atoms with Gasteiger partial charge in [0, 0.05) is 43.9 Å². The number of likely N-dealkylation sites (tertiary alicyclic amines) is 1. The average molecular weight is 355 g/mol. The molecule has 1 spiro atoms. The van der Waals surface area contributed by atoms with E-state index in [-0.39, 0.29) is 17.3 Å². The number of aromatic nitrogens is 2. The molecule has 2 aromatic rings. The molecule has 0 atom stereocenters. The molecule has 7 nitrogen and oxygen atoms in total. The Morgan fingerprint density at radius 1 is 1.15 bits per heavy atom. The largest absolute Gasteiger partial charge is 0.489 e. The van der Waals surface area contributed by atoms with E-state index in [9.17, 15) is 9.18 Å². The molecule has 0 aliphatic carbocycles. The number of halogens is 1. The Kier molecular flexibility index (Phi) is 3.28. The number of pyridine rings is 2. The number of ether oxygens (including phenoxy) is 1. The lowest BCUT2D eigenvalue weighted by Gasteiger charge is -2.60. The van der Waals surface area contributed by atoms with E-state index in [1.165, 1.54) is 12.3 Å². The quantitative estimate of drug-likeness (QED) is 0.780. The first-order valence-electron chi connectivity index (χ1n) is 8.63. The van der Waals surface area contributed by atoms with Gasteiger partial charge in [-0.15, -0.1) is 0 Å². The lowest BCUT2D eigenvalue weighted by atomic mass is 9.73. The minimum Gasteiger partial charge on any atom is -0.489 e. The summed E-state index contributed by atoms with van der Waals surface area (Å²) in [6, 6.07) is 4.91. The van der Waals surface area contributed by atoms with Crippen molar-refractivity contribution in [2.75, 3.05) is 49.1 Å². The van der Waals surface area contributed by atoms with Gasteiger partial charge in [0.05, 0.1) is 18.9 Å². The molecule has 134 valence electrons. The lowest BCUT2D eigenvalue weighted by molar-refractivity contribution is 0.00927. The zero-order chi connectivity index (χ0) is 17.7. The second-order valence-electron chi connectivity index (χ2n) is 7.17. The highest BCUT2D eigenvalue weighted by atomic mass is 19.1. The van der Waals surface area contributed by atoms with Crippen LogP contribution in [0.15, 0.2) is 36.8 Å². The van der Waals surface area contributed by atoms with E-state index in [2.05, 4.69) is 14.9 Å². The van der Waals surface area contributed by atoms with Crippen molar-refractivity contribution < 1.29 is 13.9 Å². The van der Waals surface area contributed by atoms with Gasteiger partial charge in [0.1, 0.15) is 29.7 Å². The predicted molar refractivity (Wildman–Crippen MR) is 92.9 cm³/mol. The minimum absolute atomic E-state index is 0.00605. The van der Waals surface area contributed by atoms with Crippen LogP contribution in [0.25, 0.3) is 0 Å². The Hall–Kier alpha value is -2.90. The third-order valence-electron chi connectivity index (χ3n) is 5.27. The van der Waals surface area contributed by atoms with E-state index in [1.807, 2.05) is 4.90 Å². The monoisotopic (exact) mass is 355 g/mol. The second kappa shape index (κ2) is 5.55. The Labute approximate surface area is 150 Å². The number of hydrogen-bond donors (Lipinski definition) is 0. The number of fused-ring (bicyclic) bond motifs is 1. The number of hydrogen-bond acceptors (Lipinski definition) is 5. The van der Waals surface area contributed by atoms with Gasteiger partial charge in [-0.1, -0.05) is 0 Å². The third-order valence-corrected chi connectivity index (χ3v) is 5.27. The zero-order valence-electron chi connectivity index (χ0n) is 14.1. The molecular formula is C18H18FN5O2. The van der Waals surface area contributed by atoms with Gasteiger partial charge in [0.25, 0.3) is 0 Å². The van der Waals surface area contributed by atoms with Gasteiger partial charge in [-0.05, 0) is 12.1 Å². The van der Waals surface area contributed by atoms with E-state index in [4.69, 9.17) is 4.74 Å². The Bertz CT molecular complexity index is 845. The van der Waals surface area contributed by atoms with Gasteiger partial charge in [0.15, 0.2) is 0 Å². The number of carbonyl (C=O) groups excluding carboxylic acids is 1. The Morgan fingerprint density at radius 3 is 2.77 bits per heavy atom. The fraction of sp³-hybridized carbons (Fsp3) is 0.389. The first kappa shape index (κ1) is 15.4. The van der Waals surface area contributed by atoms with Gasteiger partial charge < -0.3 is 14.5 Å². The molecule has 0 bridgehead atoms. The highest BCUT2D eigenvalue weighted by molar-refractivity contribution is 5.94. The molecule has 2 fully saturated rings. The number of rotatable bonds is 1. The Balaban J connectivity index is 1.22. The maximum Gasteiger partial charge on any atom is 0.324 e. The normalized spacial score (nSPS) is 20.1. The number of anilines is 2. The van der Waals surface area contributed by atoms with Crippen LogP contribution in [0, 0.1) is 11.2 Å². The smallest absolute Gasteiger partial charge is 0.324 e. The van der Waals surface area contributed by atoms with Gasteiger partial charge in [-0.25, -0.2) is 14.2 Å². The molecular weight excluding hydrogens is 337 g/mol. The van der Waals surface area contributed by atoms with Crippen molar-refractivity contribution in [2.24, 2.45) is 5.41 Å². The van der Waals surface area contributed by atoms with Crippen LogP contribution in [0.4, 0.5) is 20.7 Å². The summed E-state index contributed by atoms with van der Waals surface area (Å²) < 4.78 is 18.6. The lowest BCUT2D eigenvalue weighted by Crippen LogP contribution is -2.74. The van der Waals surface area contributed by atoms with Crippen molar-refractivity contribution in [2.45, 2.75) is 0 Å². The molecule has 2 aromatic heterocycles. The maximum atomic E-state index is 13.0. The Morgan fingerprint density at radius 2 is 2.00 bits per heavy atom. The van der Waals surface area contributed by atoms with Gasteiger partial charge in [-0.3, -0.25) is 9.88 Å². The molecule has 0 N–H and O–H groups in total. The summed E-state index contributed by atoms with van der Waals surface area (Å²) in [6.45, 7) is 4.18. The zero-order valence-corrected chi connectivity index (χ0v) is 14.1. The second-order valence-corrected chi connectivity index (χ2v) is 7.17. The fourth-order valence-corrected chi connectivity index (χ4v) is 4.01. The molecule has 0 radical (unpaired) electrons. The summed E-state index contributed by atoms with van der Waals surface area (Å²) >= 11 is 0. The van der Waals surface area contributed by atoms with Crippen LogP contribution in [0.3, 0.4) is 0 Å². The summed E-state index contributed by atoms with van der Waals surface area (Å²) in [7, 11) is 0. The first-order valence-corrected chi connectivity index (χ1v) is 8.63. The molecule has 5 heterocycles. The number of nitrogens with zero attached hydrogens (tertiary/aromatic N) is 5. The van der Waals surface area contributed by atoms with E-state index in [0.29, 0.717) is 18.9 Å². The van der Waals surface area contributed by atoms with E-state index < -0.39 is 0 Å². The summed E-state index contributed by atoms with van der Waals surface area (Å²) in [5, 5.41) is 0. The van der Waals surface area contributed by atoms with E-state index in [1.54, 1.807) is 29.4 Å². The molecule has 3 aliphatic rings. The molecule has 8 heteroatoms. The van der Waals surface area contributed by atoms with Crippen molar-refractivity contribution in [3.63, 3.8) is 0 Å². The van der Waals surface area contributed by atoms with Crippen molar-refractivity contribution in [1.82, 2.24) is 14.9 Å². The van der Waals surface area contributed by atoms with Crippen LogP contribution in [0.1, 0.15) is 0 Å². The van der Waals surface area contributed by atoms with Gasteiger partial charge in [0.2, 0.25) is 0 Å². The van der Waals surface area contributed by atoms with Crippen LogP contribution in [-0.4, -0.2) is 60.2 Å². The maximum absolute atomic E-state index is 13.0. The summed E-state index contributed by atoms with van der Waals surface area (Å²) in [6.07, 6.45) is 4.58. The molecule has 26 heavy (non-hydrogen) atoms. The third kappa shape index (κ3) is 2.36. The highest BCUT2D eigenvalue weighted by Crippen LogP contribution is 2.42. The van der Waals surface area contributed by atoms with Crippen molar-refractivity contribution in [1.29, 1.82) is 0 Å². The van der Waals surface area contributed by atoms with Gasteiger partial charge in [-0.2, -0.15) is 0 Å². The standard InChI is InChI=1S/C18H18FN5O2/c19-13-1-2-16(21-7-13)22-9-18(10-22)11-23(12-18)17(25)24-5-6-26-15-3-4-20-8-14(15)24/h1-4,7-8H,5-6,9-12H2. The SMILES string of the molecule is O=C(N1CC2(C1)CN(c1ccc(F)cn1)C2)N1CCOc2ccncc21. The summed E-state index contributed by atoms with van der Waals surface area (Å²) in [5.74, 6) is 1.16. The molecule has 0 aromatic carbocycles. The molecule has 5 rings (SSSR count). The summed E-state index contributed by atoms with van der Waals surface area (Å²) in [5.41, 5.74) is 0.867. The van der Waals surface area contributed by atoms with Crippen molar-refractivity contribution in [3.05, 3.63) is 42.6 Å². The molecule has 0 unspecified atom stereocenters. The van der Waals surface area contributed by atoms with Crippen LogP contribution >= 0.6 is 0 Å². The van der Waals surface area contributed by atoms with Gasteiger partial charge >= 0.3 is 6.03 Å². The van der Waals surface area contributed by atoms with E-state index in [0.717, 1.165) is 37.7 Å². The van der Waals surface area contributed by atoms with Crippen LogP contribution in [0.2, 0.25) is 0 Å². The van der Waals surface area contributed by atoms with Crippen molar-refractivity contribution in [3.8, 4) is 5.75 Å². The first-order chi connectivity index (χ1) is 12.6. The number of amides is 2. The minimum atomic E-state index is -0.329. The summed E-state index contributed by atoms with van der Waals surface area (Å²) in [4.78, 5) is 26.8. The average Bonchev–Trinajstić information content (AvgIpc) is 2.60. The van der Waals surface area contributed by atoms with E-state index >= 15 is 0 Å². The topological polar surface area (TPSA) is 61.8 Å². The molecule has 0 saturated carbocycles. The van der Waals surface area contributed by atoms with Crippen LogP contribution in [-0.2, 0) is 0 Å². The fourth-order valence-electron chi connectivity index (χ4n) is 4.01. The van der Waals surface area contributed by atoms with Crippen LogP contribution in [0.5, 0.6) is 5.75 Å². The number of carbonyl (C=O) groups is 1. The molecule has 2 amide bonds.